The molecule has 0 aromatic carbocycles. The maximum Gasteiger partial charge on any atom is 0.137 e. The van der Waals surface area contributed by atoms with E-state index in [1.807, 2.05) is 4.68 Å². The molecule has 4 nitrogen and oxygen atoms in total. The molecule has 0 saturated carbocycles. The fourth-order valence-corrected chi connectivity index (χ4v) is 3.07. The van der Waals surface area contributed by atoms with Crippen LogP contribution in [0.2, 0.25) is 0 Å². The predicted octanol–water partition coefficient (Wildman–Crippen LogP) is 1.11. The second-order valence-electron chi connectivity index (χ2n) is 3.86. The number of rotatable bonds is 4. The molecule has 1 aromatic heterocycles. The second kappa shape index (κ2) is 5.51. The molecule has 0 amide bonds. The van der Waals surface area contributed by atoms with Crippen LogP contribution in [0.15, 0.2) is 12.7 Å². The lowest BCUT2D eigenvalue weighted by Crippen LogP contribution is -2.39. The summed E-state index contributed by atoms with van der Waals surface area (Å²) < 4.78 is 1.91. The average molecular weight is 226 g/mol. The van der Waals surface area contributed by atoms with Crippen molar-refractivity contribution in [3.8, 4) is 0 Å². The molecule has 0 aliphatic carbocycles. The van der Waals surface area contributed by atoms with Gasteiger partial charge in [0.05, 0.1) is 6.54 Å². The topological polar surface area (TPSA) is 34.0 Å². The Kier molecular flexibility index (Phi) is 4.02. The van der Waals surface area contributed by atoms with E-state index in [9.17, 15) is 0 Å². The van der Waals surface area contributed by atoms with Gasteiger partial charge in [0.15, 0.2) is 0 Å². The summed E-state index contributed by atoms with van der Waals surface area (Å²) in [6, 6.07) is 0. The van der Waals surface area contributed by atoms with Crippen molar-refractivity contribution in [2.45, 2.75) is 25.1 Å². The highest BCUT2D eigenvalue weighted by atomic mass is 32.2. The van der Waals surface area contributed by atoms with E-state index in [1.54, 1.807) is 12.7 Å². The molecule has 1 aromatic rings. The van der Waals surface area contributed by atoms with Crippen molar-refractivity contribution in [2.75, 3.05) is 25.4 Å². The SMILES string of the molecule is CCC1CN(CCn2cncn2)CCS1. The van der Waals surface area contributed by atoms with E-state index in [4.69, 9.17) is 0 Å². The zero-order valence-electron chi connectivity index (χ0n) is 9.17. The highest BCUT2D eigenvalue weighted by Gasteiger charge is 2.18. The van der Waals surface area contributed by atoms with Gasteiger partial charge in [-0.2, -0.15) is 16.9 Å². The lowest BCUT2D eigenvalue weighted by molar-refractivity contribution is 0.265. The van der Waals surface area contributed by atoms with Gasteiger partial charge in [-0.3, -0.25) is 9.58 Å². The van der Waals surface area contributed by atoms with Crippen molar-refractivity contribution in [1.29, 1.82) is 0 Å². The zero-order valence-corrected chi connectivity index (χ0v) is 9.99. The Morgan fingerprint density at radius 3 is 3.13 bits per heavy atom. The van der Waals surface area contributed by atoms with E-state index in [0.29, 0.717) is 0 Å². The van der Waals surface area contributed by atoms with Crippen molar-refractivity contribution in [2.24, 2.45) is 0 Å². The first-order valence-corrected chi connectivity index (χ1v) is 6.59. The van der Waals surface area contributed by atoms with Crippen LogP contribution in [0, 0.1) is 0 Å². The number of hydrogen-bond acceptors (Lipinski definition) is 4. The summed E-state index contributed by atoms with van der Waals surface area (Å²) in [5.74, 6) is 1.27. The van der Waals surface area contributed by atoms with E-state index in [1.165, 1.54) is 25.3 Å². The minimum atomic E-state index is 0.828. The number of thioether (sulfide) groups is 1. The standard InChI is InChI=1S/C10H18N4S/c1-2-10-7-13(5-6-15-10)3-4-14-9-11-8-12-14/h8-10H,2-7H2,1H3. The summed E-state index contributed by atoms with van der Waals surface area (Å²) in [6.07, 6.45) is 4.67. The summed E-state index contributed by atoms with van der Waals surface area (Å²) in [6.45, 7) is 6.78. The monoisotopic (exact) mass is 226 g/mol. The fourth-order valence-electron chi connectivity index (χ4n) is 1.82. The first kappa shape index (κ1) is 11.0. The zero-order chi connectivity index (χ0) is 10.5. The van der Waals surface area contributed by atoms with E-state index in [2.05, 4.69) is 33.7 Å². The molecule has 0 spiro atoms. The number of aromatic nitrogens is 3. The lowest BCUT2D eigenvalue weighted by atomic mass is 10.3. The molecule has 2 rings (SSSR count). The summed E-state index contributed by atoms with van der Waals surface area (Å²) in [5.41, 5.74) is 0. The van der Waals surface area contributed by atoms with Crippen molar-refractivity contribution in [3.63, 3.8) is 0 Å². The first-order valence-electron chi connectivity index (χ1n) is 5.55. The largest absolute Gasteiger partial charge is 0.300 e. The van der Waals surface area contributed by atoms with Gasteiger partial charge in [0.1, 0.15) is 12.7 Å². The first-order chi connectivity index (χ1) is 7.38. The molecule has 2 heterocycles. The van der Waals surface area contributed by atoms with Crippen molar-refractivity contribution in [3.05, 3.63) is 12.7 Å². The number of nitrogens with zero attached hydrogens (tertiary/aromatic N) is 4. The van der Waals surface area contributed by atoms with Gasteiger partial charge in [-0.15, -0.1) is 0 Å². The highest BCUT2D eigenvalue weighted by Crippen LogP contribution is 2.20. The molecule has 1 aliphatic heterocycles. The molecule has 15 heavy (non-hydrogen) atoms. The Morgan fingerprint density at radius 1 is 1.47 bits per heavy atom. The van der Waals surface area contributed by atoms with Crippen LogP contribution in [0.25, 0.3) is 0 Å². The van der Waals surface area contributed by atoms with Gasteiger partial charge < -0.3 is 0 Å². The molecule has 0 bridgehead atoms. The van der Waals surface area contributed by atoms with E-state index >= 15 is 0 Å². The van der Waals surface area contributed by atoms with Crippen molar-refractivity contribution in [1.82, 2.24) is 19.7 Å². The van der Waals surface area contributed by atoms with Crippen LogP contribution >= 0.6 is 11.8 Å². The Balaban J connectivity index is 1.74. The third-order valence-corrected chi connectivity index (χ3v) is 4.16. The average Bonchev–Trinajstić information content (AvgIpc) is 2.79. The summed E-state index contributed by atoms with van der Waals surface area (Å²) in [4.78, 5) is 6.48. The quantitative estimate of drug-likeness (QED) is 0.770. The maximum atomic E-state index is 4.11. The highest BCUT2D eigenvalue weighted by molar-refractivity contribution is 8.00. The van der Waals surface area contributed by atoms with E-state index < -0.39 is 0 Å². The Morgan fingerprint density at radius 2 is 2.40 bits per heavy atom. The van der Waals surface area contributed by atoms with Gasteiger partial charge in [-0.25, -0.2) is 4.98 Å². The summed E-state index contributed by atoms with van der Waals surface area (Å²) in [5, 5.41) is 4.94. The Bertz CT molecular complexity index is 275. The minimum Gasteiger partial charge on any atom is -0.300 e. The van der Waals surface area contributed by atoms with Crippen molar-refractivity contribution >= 4 is 11.8 Å². The minimum absolute atomic E-state index is 0.828. The second-order valence-corrected chi connectivity index (χ2v) is 5.27. The van der Waals surface area contributed by atoms with Crippen LogP contribution in [-0.2, 0) is 6.54 Å². The Labute approximate surface area is 95.1 Å². The van der Waals surface area contributed by atoms with Crippen LogP contribution in [0.1, 0.15) is 13.3 Å². The molecule has 1 unspecified atom stereocenters. The molecule has 1 aliphatic rings. The predicted molar refractivity (Wildman–Crippen MR) is 63.0 cm³/mol. The molecule has 5 heteroatoms. The van der Waals surface area contributed by atoms with E-state index in [-0.39, 0.29) is 0 Å². The van der Waals surface area contributed by atoms with Crippen molar-refractivity contribution < 1.29 is 0 Å². The lowest BCUT2D eigenvalue weighted by Gasteiger charge is -2.31. The summed E-state index contributed by atoms with van der Waals surface area (Å²) in [7, 11) is 0. The van der Waals surface area contributed by atoms with Crippen LogP contribution in [0.3, 0.4) is 0 Å². The third-order valence-electron chi connectivity index (χ3n) is 2.79. The van der Waals surface area contributed by atoms with Crippen LogP contribution in [0.5, 0.6) is 0 Å². The number of hydrogen-bond donors (Lipinski definition) is 0. The fraction of sp³-hybridized carbons (Fsp3) is 0.800. The molecule has 0 radical (unpaired) electrons. The van der Waals surface area contributed by atoms with Gasteiger partial charge in [-0.1, -0.05) is 6.92 Å². The molecule has 1 atom stereocenters. The molecule has 84 valence electrons. The van der Waals surface area contributed by atoms with E-state index in [0.717, 1.165) is 18.3 Å². The van der Waals surface area contributed by atoms with Gasteiger partial charge in [-0.05, 0) is 6.42 Å². The van der Waals surface area contributed by atoms with Gasteiger partial charge in [0.2, 0.25) is 0 Å². The molecule has 1 fully saturated rings. The van der Waals surface area contributed by atoms with Gasteiger partial charge in [0.25, 0.3) is 0 Å². The van der Waals surface area contributed by atoms with Crippen LogP contribution < -0.4 is 0 Å². The molecule has 1 saturated heterocycles. The van der Waals surface area contributed by atoms with Crippen LogP contribution in [0.4, 0.5) is 0 Å². The summed E-state index contributed by atoms with van der Waals surface area (Å²) >= 11 is 2.11. The molecular weight excluding hydrogens is 208 g/mol. The normalized spacial score (nSPS) is 23.1. The Hall–Kier alpha value is -0.550. The smallest absolute Gasteiger partial charge is 0.137 e. The molecular formula is C10H18N4S. The van der Waals surface area contributed by atoms with Crippen LogP contribution in [-0.4, -0.2) is 50.3 Å². The van der Waals surface area contributed by atoms with Gasteiger partial charge in [0, 0.05) is 30.6 Å². The molecule has 0 N–H and O–H groups in total. The third kappa shape index (κ3) is 3.21. The maximum absolute atomic E-state index is 4.11. The van der Waals surface area contributed by atoms with Gasteiger partial charge >= 0.3 is 0 Å².